The van der Waals surface area contributed by atoms with Crippen LogP contribution in [0.5, 0.6) is 5.75 Å². The maximum atomic E-state index is 12.1. The molecule has 1 aliphatic rings. The van der Waals surface area contributed by atoms with Gasteiger partial charge in [0.2, 0.25) is 0 Å². The van der Waals surface area contributed by atoms with Gasteiger partial charge in [-0.25, -0.2) is 4.79 Å². The van der Waals surface area contributed by atoms with Crippen molar-refractivity contribution in [3.8, 4) is 5.75 Å². The Balaban J connectivity index is 2.34. The van der Waals surface area contributed by atoms with Crippen LogP contribution >= 0.6 is 0 Å². The fourth-order valence-corrected chi connectivity index (χ4v) is 2.54. The van der Waals surface area contributed by atoms with Gasteiger partial charge in [-0.3, -0.25) is 4.79 Å². The van der Waals surface area contributed by atoms with Crippen LogP contribution in [0.2, 0.25) is 0 Å². The van der Waals surface area contributed by atoms with E-state index in [2.05, 4.69) is 24.1 Å². The Kier molecular flexibility index (Phi) is 5.62. The lowest BCUT2D eigenvalue weighted by Gasteiger charge is -2.33. The average molecular weight is 318 g/mol. The Bertz CT molecular complexity index is 600. The van der Waals surface area contributed by atoms with E-state index in [0.29, 0.717) is 18.1 Å². The number of urea groups is 1. The molecule has 0 bridgehead atoms. The van der Waals surface area contributed by atoms with E-state index < -0.39 is 24.0 Å². The minimum atomic E-state index is -0.714. The molecular formula is C17H22N2O4. The van der Waals surface area contributed by atoms with Crippen LogP contribution in [-0.2, 0) is 9.53 Å². The van der Waals surface area contributed by atoms with E-state index in [1.54, 1.807) is 0 Å². The number of unbranched alkanes of at least 4 members (excludes halogenated alkanes) is 1. The lowest BCUT2D eigenvalue weighted by atomic mass is 9.88. The third-order valence-corrected chi connectivity index (χ3v) is 3.73. The van der Waals surface area contributed by atoms with Crippen molar-refractivity contribution in [2.45, 2.75) is 25.8 Å². The zero-order valence-corrected chi connectivity index (χ0v) is 13.4. The molecule has 1 fully saturated rings. The molecule has 1 aliphatic heterocycles. The Morgan fingerprint density at radius 3 is 2.78 bits per heavy atom. The molecule has 1 aromatic rings. The molecule has 124 valence electrons. The van der Waals surface area contributed by atoms with E-state index in [0.717, 1.165) is 18.4 Å². The SMILES string of the molecule is C=C1NC(=O)N[C@H](c2ccccc2OCCCC)[C@H]1C(=O)OC. The highest BCUT2D eigenvalue weighted by Gasteiger charge is 2.39. The van der Waals surface area contributed by atoms with E-state index in [-0.39, 0.29) is 0 Å². The topological polar surface area (TPSA) is 76.7 Å². The maximum absolute atomic E-state index is 12.1. The molecular weight excluding hydrogens is 296 g/mol. The van der Waals surface area contributed by atoms with Crippen LogP contribution in [0.1, 0.15) is 31.4 Å². The molecule has 0 spiro atoms. The van der Waals surface area contributed by atoms with Gasteiger partial charge in [-0.05, 0) is 12.5 Å². The molecule has 0 saturated carbocycles. The van der Waals surface area contributed by atoms with Gasteiger partial charge >= 0.3 is 12.0 Å². The molecule has 2 rings (SSSR count). The fraction of sp³-hybridized carbons (Fsp3) is 0.412. The van der Waals surface area contributed by atoms with Crippen molar-refractivity contribution < 1.29 is 19.1 Å². The minimum absolute atomic E-state index is 0.314. The Labute approximate surface area is 135 Å². The van der Waals surface area contributed by atoms with Crippen LogP contribution in [0.15, 0.2) is 36.5 Å². The van der Waals surface area contributed by atoms with E-state index in [1.807, 2.05) is 24.3 Å². The van der Waals surface area contributed by atoms with Gasteiger partial charge in [0.1, 0.15) is 11.7 Å². The number of hydrogen-bond donors (Lipinski definition) is 2. The van der Waals surface area contributed by atoms with Gasteiger partial charge in [0.05, 0.1) is 19.8 Å². The van der Waals surface area contributed by atoms with Crippen molar-refractivity contribution >= 4 is 12.0 Å². The Hall–Kier alpha value is -2.50. The molecule has 0 radical (unpaired) electrons. The van der Waals surface area contributed by atoms with Crippen molar-refractivity contribution in [3.05, 3.63) is 42.1 Å². The number of hydrogen-bond acceptors (Lipinski definition) is 4. The average Bonchev–Trinajstić information content (AvgIpc) is 2.54. The number of ether oxygens (including phenoxy) is 2. The molecule has 6 heteroatoms. The summed E-state index contributed by atoms with van der Waals surface area (Å²) in [6.07, 6.45) is 1.95. The Morgan fingerprint density at radius 1 is 1.35 bits per heavy atom. The van der Waals surface area contributed by atoms with Gasteiger partial charge < -0.3 is 20.1 Å². The summed E-state index contributed by atoms with van der Waals surface area (Å²) in [5, 5.41) is 5.30. The zero-order chi connectivity index (χ0) is 16.8. The number of para-hydroxylation sites is 1. The van der Waals surface area contributed by atoms with Gasteiger partial charge in [-0.15, -0.1) is 0 Å². The molecule has 2 atom stereocenters. The molecule has 1 aromatic carbocycles. The monoisotopic (exact) mass is 318 g/mol. The summed E-state index contributed by atoms with van der Waals surface area (Å²) in [7, 11) is 1.31. The summed E-state index contributed by atoms with van der Waals surface area (Å²) in [6, 6.07) is 6.38. The molecule has 2 amide bonds. The third kappa shape index (κ3) is 3.83. The first kappa shape index (κ1) is 16.9. The summed E-state index contributed by atoms with van der Waals surface area (Å²) in [6.45, 7) is 6.44. The van der Waals surface area contributed by atoms with Gasteiger partial charge in [0.15, 0.2) is 0 Å². The van der Waals surface area contributed by atoms with Crippen molar-refractivity contribution in [2.24, 2.45) is 5.92 Å². The number of amides is 2. The maximum Gasteiger partial charge on any atom is 0.319 e. The number of esters is 1. The first-order valence-corrected chi connectivity index (χ1v) is 7.64. The predicted octanol–water partition coefficient (Wildman–Crippen LogP) is 2.52. The minimum Gasteiger partial charge on any atom is -0.493 e. The van der Waals surface area contributed by atoms with E-state index in [4.69, 9.17) is 9.47 Å². The normalized spacial score (nSPS) is 20.4. The second-order valence-electron chi connectivity index (χ2n) is 5.34. The van der Waals surface area contributed by atoms with Gasteiger partial charge in [-0.2, -0.15) is 0 Å². The Morgan fingerprint density at radius 2 is 2.09 bits per heavy atom. The smallest absolute Gasteiger partial charge is 0.319 e. The summed E-state index contributed by atoms with van der Waals surface area (Å²) in [5.74, 6) is -0.528. The summed E-state index contributed by atoms with van der Waals surface area (Å²) in [4.78, 5) is 23.9. The van der Waals surface area contributed by atoms with E-state index >= 15 is 0 Å². The summed E-state index contributed by atoms with van der Waals surface area (Å²) < 4.78 is 10.7. The highest BCUT2D eigenvalue weighted by Crippen LogP contribution is 2.35. The standard InChI is InChI=1S/C17H22N2O4/c1-4-5-10-23-13-9-7-6-8-12(13)15-14(16(20)22-3)11(2)18-17(21)19-15/h6-9,14-15H,2,4-5,10H2,1,3H3,(H2,18,19,21)/t14-,15+/m0/s1. The van der Waals surface area contributed by atoms with Gasteiger partial charge in [0.25, 0.3) is 0 Å². The molecule has 1 heterocycles. The van der Waals surface area contributed by atoms with Crippen LogP contribution in [0.4, 0.5) is 4.79 Å². The second kappa shape index (κ2) is 7.67. The molecule has 1 saturated heterocycles. The van der Waals surface area contributed by atoms with Crippen molar-refractivity contribution in [1.29, 1.82) is 0 Å². The largest absolute Gasteiger partial charge is 0.493 e. The van der Waals surface area contributed by atoms with Crippen LogP contribution in [0.3, 0.4) is 0 Å². The summed E-state index contributed by atoms with van der Waals surface area (Å²) >= 11 is 0. The lowest BCUT2D eigenvalue weighted by Crippen LogP contribution is -2.51. The lowest BCUT2D eigenvalue weighted by molar-refractivity contribution is -0.145. The van der Waals surface area contributed by atoms with Crippen LogP contribution < -0.4 is 15.4 Å². The molecule has 2 N–H and O–H groups in total. The van der Waals surface area contributed by atoms with Crippen molar-refractivity contribution in [1.82, 2.24) is 10.6 Å². The molecule has 23 heavy (non-hydrogen) atoms. The van der Waals surface area contributed by atoms with E-state index in [1.165, 1.54) is 7.11 Å². The second-order valence-corrected chi connectivity index (χ2v) is 5.34. The number of carbonyl (C=O) groups is 2. The quantitative estimate of drug-likeness (QED) is 0.624. The van der Waals surface area contributed by atoms with Crippen molar-refractivity contribution in [2.75, 3.05) is 13.7 Å². The van der Waals surface area contributed by atoms with Gasteiger partial charge in [0, 0.05) is 11.3 Å². The number of nitrogens with one attached hydrogen (secondary N) is 2. The van der Waals surface area contributed by atoms with E-state index in [9.17, 15) is 9.59 Å². The number of carbonyl (C=O) groups excluding carboxylic acids is 2. The fourth-order valence-electron chi connectivity index (χ4n) is 2.54. The number of rotatable bonds is 6. The zero-order valence-electron chi connectivity index (χ0n) is 13.4. The predicted molar refractivity (Wildman–Crippen MR) is 85.9 cm³/mol. The number of methoxy groups -OCH3 is 1. The first-order chi connectivity index (χ1) is 11.1. The summed E-state index contributed by atoms with van der Waals surface area (Å²) in [5.41, 5.74) is 1.05. The van der Waals surface area contributed by atoms with Crippen molar-refractivity contribution in [3.63, 3.8) is 0 Å². The van der Waals surface area contributed by atoms with Crippen LogP contribution in [-0.4, -0.2) is 25.7 Å². The highest BCUT2D eigenvalue weighted by molar-refractivity contribution is 5.85. The highest BCUT2D eigenvalue weighted by atomic mass is 16.5. The third-order valence-electron chi connectivity index (χ3n) is 3.73. The molecule has 0 aromatic heterocycles. The number of benzene rings is 1. The molecule has 0 aliphatic carbocycles. The first-order valence-electron chi connectivity index (χ1n) is 7.64. The van der Waals surface area contributed by atoms with Gasteiger partial charge in [-0.1, -0.05) is 38.1 Å². The molecule has 6 nitrogen and oxygen atoms in total. The van der Waals surface area contributed by atoms with Crippen LogP contribution in [0, 0.1) is 5.92 Å². The molecule has 0 unspecified atom stereocenters. The van der Waals surface area contributed by atoms with Crippen LogP contribution in [0.25, 0.3) is 0 Å².